The Morgan fingerprint density at radius 3 is 3.17 bits per heavy atom. The maximum atomic E-state index is 9.32. The summed E-state index contributed by atoms with van der Waals surface area (Å²) in [5.41, 5.74) is 1.14. The molecule has 0 aliphatic carbocycles. The van der Waals surface area contributed by atoms with E-state index < -0.39 is 0 Å². The molecule has 1 saturated heterocycles. The molecule has 1 aromatic rings. The van der Waals surface area contributed by atoms with Crippen LogP contribution in [0.1, 0.15) is 30.9 Å². The lowest BCUT2D eigenvalue weighted by Crippen LogP contribution is -2.30. The average Bonchev–Trinajstić information content (AvgIpc) is 2.94. The van der Waals surface area contributed by atoms with E-state index in [0.29, 0.717) is 6.61 Å². The van der Waals surface area contributed by atoms with Gasteiger partial charge < -0.3 is 19.9 Å². The average molecular weight is 271 g/mol. The normalized spacial score (nSPS) is 21.9. The first kappa shape index (κ1) is 14.0. The van der Waals surface area contributed by atoms with Gasteiger partial charge in [0.25, 0.3) is 0 Å². The van der Waals surface area contributed by atoms with E-state index in [2.05, 4.69) is 10.7 Å². The zero-order valence-electron chi connectivity index (χ0n) is 10.5. The van der Waals surface area contributed by atoms with E-state index in [0.717, 1.165) is 31.6 Å². The van der Waals surface area contributed by atoms with Gasteiger partial charge >= 0.3 is 0 Å². The second-order valence-electron chi connectivity index (χ2n) is 4.41. The molecule has 1 aliphatic rings. The topological polar surface area (TPSA) is 50.7 Å². The van der Waals surface area contributed by atoms with Crippen LogP contribution in [0, 0.1) is 0 Å². The molecule has 0 spiro atoms. The molecule has 0 saturated carbocycles. The summed E-state index contributed by atoms with van der Waals surface area (Å²) in [7, 11) is 0. The Bertz CT molecular complexity index is 312. The van der Waals surface area contributed by atoms with Crippen LogP contribution in [0.5, 0.6) is 0 Å². The Hall–Kier alpha value is -0.460. The minimum Gasteiger partial charge on any atom is -0.394 e. The summed E-state index contributed by atoms with van der Waals surface area (Å²) in [6.45, 7) is 2.26. The number of hydrogen-bond acceptors (Lipinski definition) is 5. The highest BCUT2D eigenvalue weighted by molar-refractivity contribution is 7.07. The highest BCUT2D eigenvalue weighted by Crippen LogP contribution is 2.16. The van der Waals surface area contributed by atoms with Gasteiger partial charge in [0, 0.05) is 13.2 Å². The summed E-state index contributed by atoms with van der Waals surface area (Å²) in [4.78, 5) is 0. The van der Waals surface area contributed by atoms with Gasteiger partial charge in [-0.3, -0.25) is 0 Å². The van der Waals surface area contributed by atoms with Gasteiger partial charge in [0.05, 0.1) is 19.3 Å². The number of hydrogen-bond donors (Lipinski definition) is 2. The summed E-state index contributed by atoms with van der Waals surface area (Å²) in [6, 6.07) is 2.04. The third-order valence-corrected chi connectivity index (χ3v) is 3.76. The Labute approximate surface area is 112 Å². The van der Waals surface area contributed by atoms with Crippen LogP contribution in [0.3, 0.4) is 0 Å². The zero-order chi connectivity index (χ0) is 12.6. The number of nitrogens with one attached hydrogen (secondary N) is 1. The Morgan fingerprint density at radius 2 is 2.50 bits per heavy atom. The Balaban J connectivity index is 1.61. The summed E-state index contributed by atoms with van der Waals surface area (Å²) in [5.74, 6) is 0. The van der Waals surface area contributed by atoms with E-state index in [4.69, 9.17) is 9.47 Å². The molecule has 0 unspecified atom stereocenters. The molecule has 0 amide bonds. The molecule has 2 rings (SSSR count). The number of thiophene rings is 1. The fraction of sp³-hybridized carbons (Fsp3) is 0.692. The van der Waals surface area contributed by atoms with Gasteiger partial charge in [-0.05, 0) is 41.7 Å². The van der Waals surface area contributed by atoms with Crippen LogP contribution in [0.25, 0.3) is 0 Å². The fourth-order valence-electron chi connectivity index (χ4n) is 2.03. The molecule has 2 heterocycles. The van der Waals surface area contributed by atoms with Crippen molar-refractivity contribution in [1.29, 1.82) is 0 Å². The summed E-state index contributed by atoms with van der Waals surface area (Å²) < 4.78 is 11.1. The molecule has 102 valence electrons. The van der Waals surface area contributed by atoms with Gasteiger partial charge in [-0.2, -0.15) is 11.3 Å². The second-order valence-corrected chi connectivity index (χ2v) is 5.19. The first-order valence-corrected chi connectivity index (χ1v) is 7.44. The quantitative estimate of drug-likeness (QED) is 0.744. The molecule has 2 atom stereocenters. The molecule has 0 radical (unpaired) electrons. The van der Waals surface area contributed by atoms with Crippen molar-refractivity contribution in [2.45, 2.75) is 31.6 Å². The summed E-state index contributed by atoms with van der Waals surface area (Å²) >= 11 is 1.64. The van der Waals surface area contributed by atoms with E-state index >= 15 is 0 Å². The van der Waals surface area contributed by atoms with Crippen LogP contribution in [0.4, 0.5) is 0 Å². The van der Waals surface area contributed by atoms with Gasteiger partial charge in [-0.25, -0.2) is 0 Å². The lowest BCUT2D eigenvalue weighted by atomic mass is 10.1. The molecular weight excluding hydrogens is 250 g/mol. The SMILES string of the molecule is OC[C@H](NCCO[C@@H]1CCCCO1)c1ccsc1. The molecule has 1 aromatic heterocycles. The van der Waals surface area contributed by atoms with Crippen LogP contribution in [-0.4, -0.2) is 37.8 Å². The number of aliphatic hydroxyl groups is 1. The van der Waals surface area contributed by atoms with Crippen molar-refractivity contribution in [1.82, 2.24) is 5.32 Å². The predicted molar refractivity (Wildman–Crippen MR) is 71.7 cm³/mol. The maximum Gasteiger partial charge on any atom is 0.157 e. The molecular formula is C13H21NO3S. The molecule has 18 heavy (non-hydrogen) atoms. The molecule has 5 heteroatoms. The Kier molecular flexibility index (Phi) is 6.10. The second kappa shape index (κ2) is 7.86. The largest absolute Gasteiger partial charge is 0.394 e. The molecule has 2 N–H and O–H groups in total. The number of aliphatic hydroxyl groups excluding tert-OH is 1. The molecule has 1 aliphatic heterocycles. The predicted octanol–water partition coefficient (Wildman–Crippen LogP) is 1.91. The van der Waals surface area contributed by atoms with Crippen molar-refractivity contribution in [3.8, 4) is 0 Å². The van der Waals surface area contributed by atoms with Crippen LogP contribution < -0.4 is 5.32 Å². The van der Waals surface area contributed by atoms with E-state index in [1.807, 2.05) is 11.4 Å². The standard InChI is InChI=1S/C13H21NO3S/c15-9-12(11-4-8-18-10-11)14-5-7-17-13-3-1-2-6-16-13/h4,8,10,12-15H,1-3,5-7,9H2/t12-,13+/m0/s1. The van der Waals surface area contributed by atoms with Crippen molar-refractivity contribution in [3.05, 3.63) is 22.4 Å². The maximum absolute atomic E-state index is 9.32. The monoisotopic (exact) mass is 271 g/mol. The fourth-order valence-corrected chi connectivity index (χ4v) is 2.74. The Morgan fingerprint density at radius 1 is 1.56 bits per heavy atom. The summed E-state index contributed by atoms with van der Waals surface area (Å²) in [6.07, 6.45) is 3.29. The van der Waals surface area contributed by atoms with Crippen LogP contribution >= 0.6 is 11.3 Å². The van der Waals surface area contributed by atoms with E-state index in [-0.39, 0.29) is 18.9 Å². The number of rotatable bonds is 7. The molecule has 1 fully saturated rings. The van der Waals surface area contributed by atoms with E-state index in [1.165, 1.54) is 6.42 Å². The highest BCUT2D eigenvalue weighted by atomic mass is 32.1. The van der Waals surface area contributed by atoms with E-state index in [1.54, 1.807) is 11.3 Å². The zero-order valence-corrected chi connectivity index (χ0v) is 11.3. The van der Waals surface area contributed by atoms with Gasteiger partial charge in [-0.1, -0.05) is 0 Å². The van der Waals surface area contributed by atoms with Crippen LogP contribution in [0.15, 0.2) is 16.8 Å². The van der Waals surface area contributed by atoms with Gasteiger partial charge in [0.1, 0.15) is 0 Å². The van der Waals surface area contributed by atoms with Crippen LogP contribution in [0.2, 0.25) is 0 Å². The third-order valence-electron chi connectivity index (χ3n) is 3.06. The first-order valence-electron chi connectivity index (χ1n) is 6.49. The molecule has 4 nitrogen and oxygen atoms in total. The van der Waals surface area contributed by atoms with Crippen molar-refractivity contribution in [2.24, 2.45) is 0 Å². The van der Waals surface area contributed by atoms with Gasteiger partial charge in [0.2, 0.25) is 0 Å². The first-order chi connectivity index (χ1) is 8.90. The lowest BCUT2D eigenvalue weighted by molar-refractivity contribution is -0.161. The minimum atomic E-state index is -0.0331. The van der Waals surface area contributed by atoms with Gasteiger partial charge in [-0.15, -0.1) is 0 Å². The van der Waals surface area contributed by atoms with E-state index in [9.17, 15) is 5.11 Å². The van der Waals surface area contributed by atoms with Crippen molar-refractivity contribution < 1.29 is 14.6 Å². The van der Waals surface area contributed by atoms with Crippen molar-refractivity contribution in [2.75, 3.05) is 26.4 Å². The van der Waals surface area contributed by atoms with Crippen LogP contribution in [-0.2, 0) is 9.47 Å². The lowest BCUT2D eigenvalue weighted by Gasteiger charge is -2.23. The smallest absolute Gasteiger partial charge is 0.157 e. The molecule has 0 aromatic carbocycles. The van der Waals surface area contributed by atoms with Crippen molar-refractivity contribution >= 4 is 11.3 Å². The van der Waals surface area contributed by atoms with Crippen molar-refractivity contribution in [3.63, 3.8) is 0 Å². The third kappa shape index (κ3) is 4.33. The number of ether oxygens (including phenoxy) is 2. The minimum absolute atomic E-state index is 0.00660. The van der Waals surface area contributed by atoms with Gasteiger partial charge in [0.15, 0.2) is 6.29 Å². The highest BCUT2D eigenvalue weighted by Gasteiger charge is 2.14. The summed E-state index contributed by atoms with van der Waals surface area (Å²) in [5, 5.41) is 16.7. The molecule has 0 bridgehead atoms.